The minimum absolute atomic E-state index is 0.0875. The molecule has 1 heterocycles. The van der Waals surface area contributed by atoms with E-state index in [0.29, 0.717) is 18.5 Å². The van der Waals surface area contributed by atoms with E-state index in [2.05, 4.69) is 24.2 Å². The SMILES string of the molecule is CO/N=C1/CC(CO)N(C(=O)c2ccc(-c3ccccc3C)cc2)C1. The fourth-order valence-corrected chi connectivity index (χ4v) is 3.22. The summed E-state index contributed by atoms with van der Waals surface area (Å²) in [6.07, 6.45) is 0.539. The predicted molar refractivity (Wildman–Crippen MR) is 97.6 cm³/mol. The lowest BCUT2D eigenvalue weighted by atomic mass is 9.99. The fourth-order valence-electron chi connectivity index (χ4n) is 3.22. The number of aryl methyl sites for hydroxylation is 1. The van der Waals surface area contributed by atoms with Crippen LogP contribution in [-0.2, 0) is 4.84 Å². The van der Waals surface area contributed by atoms with Gasteiger partial charge in [-0.15, -0.1) is 0 Å². The molecule has 2 aromatic rings. The molecule has 0 saturated carbocycles. The average molecular weight is 338 g/mol. The molecule has 3 rings (SSSR count). The zero-order valence-electron chi connectivity index (χ0n) is 14.5. The third kappa shape index (κ3) is 3.56. The Hall–Kier alpha value is -2.66. The van der Waals surface area contributed by atoms with Crippen LogP contribution >= 0.6 is 0 Å². The first-order valence-corrected chi connectivity index (χ1v) is 8.31. The van der Waals surface area contributed by atoms with Crippen molar-refractivity contribution in [2.24, 2.45) is 5.16 Å². The molecule has 1 aliphatic rings. The van der Waals surface area contributed by atoms with E-state index in [4.69, 9.17) is 4.84 Å². The molecule has 1 saturated heterocycles. The van der Waals surface area contributed by atoms with Gasteiger partial charge in [-0.2, -0.15) is 0 Å². The third-order valence-corrected chi connectivity index (χ3v) is 4.54. The standard InChI is InChI=1S/C20H22N2O3/c1-14-5-3-4-6-19(14)15-7-9-16(10-8-15)20(24)22-12-17(21-25-2)11-18(22)13-23/h3-10,18,23H,11-13H2,1-2H3/b21-17-. The number of oxime groups is 1. The lowest BCUT2D eigenvalue weighted by Crippen LogP contribution is -2.37. The van der Waals surface area contributed by atoms with Crippen molar-refractivity contribution in [1.29, 1.82) is 0 Å². The number of hydrogen-bond donors (Lipinski definition) is 1. The highest BCUT2D eigenvalue weighted by atomic mass is 16.6. The molecule has 0 bridgehead atoms. The van der Waals surface area contributed by atoms with Crippen LogP contribution < -0.4 is 0 Å². The number of carbonyl (C=O) groups excluding carboxylic acids is 1. The molecule has 130 valence electrons. The van der Waals surface area contributed by atoms with Crippen LogP contribution in [0.25, 0.3) is 11.1 Å². The molecule has 1 aliphatic heterocycles. The normalized spacial score (nSPS) is 18.6. The minimum Gasteiger partial charge on any atom is -0.399 e. The summed E-state index contributed by atoms with van der Waals surface area (Å²) in [6, 6.07) is 15.5. The Labute approximate surface area is 147 Å². The zero-order valence-corrected chi connectivity index (χ0v) is 14.5. The second-order valence-corrected chi connectivity index (χ2v) is 6.21. The van der Waals surface area contributed by atoms with E-state index in [1.54, 1.807) is 4.90 Å². The summed E-state index contributed by atoms with van der Waals surface area (Å²) in [5, 5.41) is 13.5. The number of carbonyl (C=O) groups is 1. The van der Waals surface area contributed by atoms with Crippen molar-refractivity contribution >= 4 is 11.6 Å². The Morgan fingerprint density at radius 1 is 1.24 bits per heavy atom. The van der Waals surface area contributed by atoms with Gasteiger partial charge in [0.05, 0.1) is 24.9 Å². The highest BCUT2D eigenvalue weighted by Crippen LogP contribution is 2.25. The molecular weight excluding hydrogens is 316 g/mol. The van der Waals surface area contributed by atoms with Crippen LogP contribution in [-0.4, -0.2) is 47.9 Å². The first-order chi connectivity index (χ1) is 12.1. The summed E-state index contributed by atoms with van der Waals surface area (Å²) >= 11 is 0. The molecule has 5 heteroatoms. The number of likely N-dealkylation sites (tertiary alicyclic amines) is 1. The van der Waals surface area contributed by atoms with Crippen LogP contribution in [0.3, 0.4) is 0 Å². The zero-order chi connectivity index (χ0) is 17.8. The van der Waals surface area contributed by atoms with E-state index in [9.17, 15) is 9.90 Å². The average Bonchev–Trinajstić information content (AvgIpc) is 3.05. The number of aliphatic hydroxyl groups excluding tert-OH is 1. The number of nitrogens with zero attached hydrogens (tertiary/aromatic N) is 2. The molecule has 5 nitrogen and oxygen atoms in total. The lowest BCUT2D eigenvalue weighted by molar-refractivity contribution is 0.0680. The molecule has 25 heavy (non-hydrogen) atoms. The van der Waals surface area contributed by atoms with Crippen molar-refractivity contribution in [2.45, 2.75) is 19.4 Å². The molecular formula is C20H22N2O3. The van der Waals surface area contributed by atoms with E-state index in [1.807, 2.05) is 36.4 Å². The molecule has 0 radical (unpaired) electrons. The van der Waals surface area contributed by atoms with Crippen molar-refractivity contribution in [3.8, 4) is 11.1 Å². The van der Waals surface area contributed by atoms with E-state index >= 15 is 0 Å². The Bertz CT molecular complexity index is 784. The predicted octanol–water partition coefficient (Wildman–Crippen LogP) is 2.87. The quantitative estimate of drug-likeness (QED) is 0.872. The maximum atomic E-state index is 12.8. The number of hydrogen-bond acceptors (Lipinski definition) is 4. The van der Waals surface area contributed by atoms with Crippen molar-refractivity contribution < 1.29 is 14.7 Å². The largest absolute Gasteiger partial charge is 0.399 e. The topological polar surface area (TPSA) is 62.1 Å². The monoisotopic (exact) mass is 338 g/mol. The summed E-state index contributed by atoms with van der Waals surface area (Å²) < 4.78 is 0. The van der Waals surface area contributed by atoms with Gasteiger partial charge in [-0.25, -0.2) is 0 Å². The second kappa shape index (κ2) is 7.49. The summed E-state index contributed by atoms with van der Waals surface area (Å²) in [5.74, 6) is -0.100. The van der Waals surface area contributed by atoms with E-state index in [1.165, 1.54) is 12.7 Å². The maximum absolute atomic E-state index is 12.8. The number of benzene rings is 2. The number of amides is 1. The van der Waals surface area contributed by atoms with Crippen molar-refractivity contribution in [3.63, 3.8) is 0 Å². The minimum atomic E-state index is -0.252. The highest BCUT2D eigenvalue weighted by molar-refractivity contribution is 6.00. The maximum Gasteiger partial charge on any atom is 0.254 e. The van der Waals surface area contributed by atoms with Gasteiger partial charge >= 0.3 is 0 Å². The van der Waals surface area contributed by atoms with Crippen LogP contribution in [0.1, 0.15) is 22.3 Å². The molecule has 0 aliphatic carbocycles. The summed E-state index contributed by atoms with van der Waals surface area (Å²) in [6.45, 7) is 2.37. The highest BCUT2D eigenvalue weighted by Gasteiger charge is 2.33. The molecule has 1 amide bonds. The fraction of sp³-hybridized carbons (Fsp3) is 0.300. The van der Waals surface area contributed by atoms with E-state index in [-0.39, 0.29) is 18.6 Å². The molecule has 0 aromatic heterocycles. The van der Waals surface area contributed by atoms with Crippen LogP contribution in [0.5, 0.6) is 0 Å². The van der Waals surface area contributed by atoms with Crippen LogP contribution in [0.2, 0.25) is 0 Å². The molecule has 1 atom stereocenters. The van der Waals surface area contributed by atoms with Gasteiger partial charge in [-0.05, 0) is 35.7 Å². The Balaban J connectivity index is 1.81. The Morgan fingerprint density at radius 3 is 2.60 bits per heavy atom. The van der Waals surface area contributed by atoms with E-state index in [0.717, 1.165) is 16.8 Å². The Kier molecular flexibility index (Phi) is 5.14. The lowest BCUT2D eigenvalue weighted by Gasteiger charge is -2.22. The van der Waals surface area contributed by atoms with Gasteiger partial charge in [-0.1, -0.05) is 41.6 Å². The molecule has 1 N–H and O–H groups in total. The van der Waals surface area contributed by atoms with Gasteiger partial charge in [0.25, 0.3) is 5.91 Å². The van der Waals surface area contributed by atoms with Crippen LogP contribution in [0, 0.1) is 6.92 Å². The summed E-state index contributed by atoms with van der Waals surface area (Å²) in [7, 11) is 1.48. The van der Waals surface area contributed by atoms with Crippen molar-refractivity contribution in [1.82, 2.24) is 4.90 Å². The Morgan fingerprint density at radius 2 is 1.96 bits per heavy atom. The molecule has 1 fully saturated rings. The second-order valence-electron chi connectivity index (χ2n) is 6.21. The van der Waals surface area contributed by atoms with E-state index < -0.39 is 0 Å². The molecule has 1 unspecified atom stereocenters. The molecule has 0 spiro atoms. The van der Waals surface area contributed by atoms with Crippen LogP contribution in [0.4, 0.5) is 0 Å². The first-order valence-electron chi connectivity index (χ1n) is 8.31. The third-order valence-electron chi connectivity index (χ3n) is 4.54. The number of aliphatic hydroxyl groups is 1. The van der Waals surface area contributed by atoms with Gasteiger partial charge in [0.2, 0.25) is 0 Å². The summed E-state index contributed by atoms with van der Waals surface area (Å²) in [5.41, 5.74) is 4.81. The molecule has 2 aromatic carbocycles. The first kappa shape index (κ1) is 17.2. The number of rotatable bonds is 4. The summed E-state index contributed by atoms with van der Waals surface area (Å²) in [4.78, 5) is 19.2. The van der Waals surface area contributed by atoms with Crippen LogP contribution in [0.15, 0.2) is 53.7 Å². The van der Waals surface area contributed by atoms with Gasteiger partial charge in [0.15, 0.2) is 0 Å². The van der Waals surface area contributed by atoms with Gasteiger partial charge in [0, 0.05) is 12.0 Å². The van der Waals surface area contributed by atoms with Gasteiger partial charge in [0.1, 0.15) is 7.11 Å². The smallest absolute Gasteiger partial charge is 0.254 e. The van der Waals surface area contributed by atoms with Gasteiger partial charge < -0.3 is 14.8 Å². The van der Waals surface area contributed by atoms with Gasteiger partial charge in [-0.3, -0.25) is 4.79 Å². The van der Waals surface area contributed by atoms with Crippen molar-refractivity contribution in [2.75, 3.05) is 20.3 Å². The van der Waals surface area contributed by atoms with Crippen molar-refractivity contribution in [3.05, 3.63) is 59.7 Å².